The molecule has 5 atom stereocenters. The minimum Gasteiger partial charge on any atom is -0.368 e. The maximum absolute atomic E-state index is 14.5. The quantitative estimate of drug-likeness (QED) is 0.0354. The van der Waals surface area contributed by atoms with Gasteiger partial charge in [0.1, 0.15) is 24.2 Å². The van der Waals surface area contributed by atoms with Crippen LogP contribution in [0.25, 0.3) is 22.0 Å². The van der Waals surface area contributed by atoms with Gasteiger partial charge in [0.2, 0.25) is 23.6 Å². The molecule has 13 N–H and O–H groups in total. The van der Waals surface area contributed by atoms with E-state index < -0.39 is 65.8 Å². The molecule has 0 aliphatic rings. The fourth-order valence-electron chi connectivity index (χ4n) is 7.46. The molecule has 6 aromatic rings. The van der Waals surface area contributed by atoms with Gasteiger partial charge in [0.25, 0.3) is 5.91 Å². The maximum atomic E-state index is 14.5. The van der Waals surface area contributed by atoms with Gasteiger partial charge < -0.3 is 48.4 Å². The summed E-state index contributed by atoms with van der Waals surface area (Å²) in [6, 6.07) is 27.0. The Morgan fingerprint density at radius 3 is 1.96 bits per heavy atom. The first kappa shape index (κ1) is 48.6. The Hall–Kier alpha value is -7.83. The molecule has 0 fully saturated rings. The largest absolute Gasteiger partial charge is 0.368 e. The van der Waals surface area contributed by atoms with Gasteiger partial charge in [-0.25, -0.2) is 14.8 Å². The molecule has 0 saturated carbocycles. The Morgan fingerprint density at radius 1 is 0.657 bits per heavy atom. The van der Waals surface area contributed by atoms with E-state index in [-0.39, 0.29) is 32.2 Å². The number of urea groups is 1. The Kier molecular flexibility index (Phi) is 17.4. The molecule has 0 aliphatic heterocycles. The minimum atomic E-state index is -1.27. The highest BCUT2D eigenvalue weighted by molar-refractivity contribution is 5.96. The van der Waals surface area contributed by atoms with Gasteiger partial charge in [0, 0.05) is 48.3 Å². The number of nitrogens with zero attached hydrogens (tertiary/aromatic N) is 2. The number of aromatic nitrogens is 3. The normalized spacial score (nSPS) is 13.3. The Bertz CT molecular complexity index is 2570. The average Bonchev–Trinajstić information content (AvgIpc) is 4.01. The number of hydrogen-bond acceptors (Lipinski definition) is 9. The Labute approximate surface area is 388 Å². The number of fused-ring (bicyclic) bond motifs is 1. The number of imidazole rings is 1. The van der Waals surface area contributed by atoms with Crippen molar-refractivity contribution in [2.24, 2.45) is 17.2 Å². The Morgan fingerprint density at radius 2 is 1.28 bits per heavy atom. The fraction of sp³-hybridized carbons (Fsp3) is 0.286. The van der Waals surface area contributed by atoms with Gasteiger partial charge in [-0.2, -0.15) is 0 Å². The van der Waals surface area contributed by atoms with Crippen molar-refractivity contribution in [3.63, 3.8) is 0 Å². The molecule has 1 unspecified atom stereocenters. The highest BCUT2D eigenvalue weighted by Crippen LogP contribution is 2.21. The number of carbonyl (C=O) groups excluding carboxylic acids is 6. The van der Waals surface area contributed by atoms with Crippen LogP contribution in [0, 0.1) is 0 Å². The van der Waals surface area contributed by atoms with Crippen molar-refractivity contribution < 1.29 is 28.8 Å². The van der Waals surface area contributed by atoms with Crippen molar-refractivity contribution in [3.8, 4) is 11.1 Å². The van der Waals surface area contributed by atoms with Crippen LogP contribution in [-0.2, 0) is 49.8 Å². The predicted octanol–water partition coefficient (Wildman–Crippen LogP) is 2.61. The van der Waals surface area contributed by atoms with Crippen LogP contribution in [0.3, 0.4) is 0 Å². The number of unbranched alkanes of at least 4 members (excludes halogenated alkanes) is 1. The highest BCUT2D eigenvalue weighted by atomic mass is 16.2. The van der Waals surface area contributed by atoms with E-state index >= 15 is 0 Å². The zero-order valence-corrected chi connectivity index (χ0v) is 37.2. The van der Waals surface area contributed by atoms with E-state index in [0.29, 0.717) is 36.2 Å². The van der Waals surface area contributed by atoms with Crippen LogP contribution < -0.4 is 43.9 Å². The molecule has 0 radical (unpaired) electrons. The summed E-state index contributed by atoms with van der Waals surface area (Å²) in [5.41, 5.74) is 25.6. The number of rotatable bonds is 22. The number of amides is 7. The number of primary amides is 1. The molecule has 6 rings (SSSR count). The lowest BCUT2D eigenvalue weighted by Crippen LogP contribution is -2.60. The van der Waals surface area contributed by atoms with Crippen LogP contribution in [0.4, 0.5) is 4.79 Å². The van der Waals surface area contributed by atoms with E-state index in [4.69, 9.17) is 17.2 Å². The lowest BCUT2D eigenvalue weighted by atomic mass is 10.0. The lowest BCUT2D eigenvalue weighted by molar-refractivity contribution is -0.133. The fourth-order valence-corrected chi connectivity index (χ4v) is 7.46. The van der Waals surface area contributed by atoms with Gasteiger partial charge in [0.15, 0.2) is 0 Å². The van der Waals surface area contributed by atoms with E-state index in [2.05, 4.69) is 41.6 Å². The molecule has 0 saturated heterocycles. The van der Waals surface area contributed by atoms with Gasteiger partial charge in [-0.3, -0.25) is 29.4 Å². The summed E-state index contributed by atoms with van der Waals surface area (Å²) in [6.07, 6.45) is 6.31. The van der Waals surface area contributed by atoms with Crippen molar-refractivity contribution in [2.75, 3.05) is 6.54 Å². The van der Waals surface area contributed by atoms with Crippen molar-refractivity contribution in [3.05, 3.63) is 150 Å². The molecule has 7 amide bonds. The van der Waals surface area contributed by atoms with Crippen molar-refractivity contribution >= 4 is 46.5 Å². The number of aromatic amines is 2. The third kappa shape index (κ3) is 14.1. The number of hydrogen-bond donors (Lipinski definition) is 10. The molecule has 18 heteroatoms. The van der Waals surface area contributed by atoms with Crippen LogP contribution in [0.5, 0.6) is 0 Å². The second-order valence-electron chi connectivity index (χ2n) is 16.3. The molecule has 18 nitrogen and oxygen atoms in total. The standard InChI is InChI=1S/C49H58N12O6/c1-31(56-49(67)61(60-46(64)39(51)26-37-28-53-30-55-37)29-33-19-21-35(22-20-33)34-14-6-3-7-15-34)45(63)58-43(25-36-27-54-40-17-9-8-16-38(36)40)48(66)59-42(24-32-12-4-2-5-13-32)47(65)57-41(44(52)62)18-10-11-23-50/h2-9,12-17,19-22,27-28,30-31,39,41-43,54H,10-11,18,23-26,29,50-51H2,1H3,(H2,52,62)(H,53,55)(H,56,67)(H,57,65)(H,58,63)(H,59,66)(H,60,64)/t31-,39?,41-,42+,43-/m0/s1. The number of H-pyrrole nitrogens is 2. The average molecular weight is 911 g/mol. The molecular weight excluding hydrogens is 853 g/mol. The van der Waals surface area contributed by atoms with Crippen LogP contribution in [0.15, 0.2) is 128 Å². The topological polar surface area (TPSA) is 288 Å². The summed E-state index contributed by atoms with van der Waals surface area (Å²) in [4.78, 5) is 92.5. The summed E-state index contributed by atoms with van der Waals surface area (Å²) < 4.78 is 0. The zero-order valence-electron chi connectivity index (χ0n) is 37.2. The van der Waals surface area contributed by atoms with Gasteiger partial charge in [-0.05, 0) is 66.6 Å². The van der Waals surface area contributed by atoms with Crippen molar-refractivity contribution in [1.29, 1.82) is 0 Å². The molecule has 2 aromatic heterocycles. The number of hydrazine groups is 1. The summed E-state index contributed by atoms with van der Waals surface area (Å²) in [5, 5.41) is 12.8. The first-order valence-electron chi connectivity index (χ1n) is 22.1. The summed E-state index contributed by atoms with van der Waals surface area (Å²) in [6.45, 7) is 1.74. The molecule has 0 spiro atoms. The maximum Gasteiger partial charge on any atom is 0.337 e. The summed E-state index contributed by atoms with van der Waals surface area (Å²) in [5.74, 6) is -3.48. The SMILES string of the molecule is C[C@H](NC(=O)N(Cc1ccc(-c2ccccc2)cc1)NC(=O)C(N)Cc1cnc[nH]1)C(=O)N[C@@H](Cc1c[nH]c2ccccc12)C(=O)N[C@H](Cc1ccccc1)C(=O)N[C@@H](CCCCN)C(N)=O. The van der Waals surface area contributed by atoms with Crippen LogP contribution in [0.1, 0.15) is 48.6 Å². The second-order valence-corrected chi connectivity index (χ2v) is 16.3. The van der Waals surface area contributed by atoms with Gasteiger partial charge in [0.05, 0.1) is 18.9 Å². The zero-order chi connectivity index (χ0) is 47.7. The van der Waals surface area contributed by atoms with Crippen molar-refractivity contribution in [1.82, 2.24) is 46.7 Å². The van der Waals surface area contributed by atoms with E-state index in [9.17, 15) is 28.8 Å². The number of nitrogens with one attached hydrogen (secondary N) is 7. The van der Waals surface area contributed by atoms with E-state index in [1.165, 1.54) is 13.3 Å². The minimum absolute atomic E-state index is 0.0136. The first-order chi connectivity index (χ1) is 32.4. The van der Waals surface area contributed by atoms with Gasteiger partial charge in [-0.1, -0.05) is 103 Å². The predicted molar refractivity (Wildman–Crippen MR) is 254 cm³/mol. The van der Waals surface area contributed by atoms with Crippen molar-refractivity contribution in [2.45, 2.75) is 82.2 Å². The molecule has 350 valence electrons. The van der Waals surface area contributed by atoms with Crippen LogP contribution >= 0.6 is 0 Å². The number of carbonyl (C=O) groups is 6. The number of para-hydroxylation sites is 1. The van der Waals surface area contributed by atoms with E-state index in [1.54, 1.807) is 36.7 Å². The molecule has 4 aromatic carbocycles. The second kappa shape index (κ2) is 23.9. The smallest absolute Gasteiger partial charge is 0.337 e. The van der Waals surface area contributed by atoms with Crippen LogP contribution in [0.2, 0.25) is 0 Å². The first-order valence-corrected chi connectivity index (χ1v) is 22.1. The molecule has 2 heterocycles. The molecular formula is C49H58N12O6. The molecule has 0 aliphatic carbocycles. The van der Waals surface area contributed by atoms with E-state index in [1.807, 2.05) is 84.9 Å². The van der Waals surface area contributed by atoms with Gasteiger partial charge in [-0.15, -0.1) is 0 Å². The lowest BCUT2D eigenvalue weighted by Gasteiger charge is -2.28. The van der Waals surface area contributed by atoms with E-state index in [0.717, 1.165) is 32.6 Å². The molecule has 67 heavy (non-hydrogen) atoms. The van der Waals surface area contributed by atoms with Gasteiger partial charge >= 0.3 is 6.03 Å². The monoisotopic (exact) mass is 910 g/mol. The van der Waals surface area contributed by atoms with Crippen LogP contribution in [-0.4, -0.2) is 92.3 Å². The molecule has 0 bridgehead atoms. The number of benzene rings is 4. The Balaban J connectivity index is 1.21. The number of nitrogens with two attached hydrogens (primary N) is 3. The highest BCUT2D eigenvalue weighted by Gasteiger charge is 2.32. The third-order valence-corrected chi connectivity index (χ3v) is 11.2. The summed E-state index contributed by atoms with van der Waals surface area (Å²) in [7, 11) is 0. The third-order valence-electron chi connectivity index (χ3n) is 11.2. The summed E-state index contributed by atoms with van der Waals surface area (Å²) >= 11 is 0.